The zero-order chi connectivity index (χ0) is 38.9. The van der Waals surface area contributed by atoms with Crippen LogP contribution in [0.1, 0.15) is 50.4 Å². The molecule has 6 N–H and O–H groups in total. The molecule has 0 bridgehead atoms. The second-order valence-electron chi connectivity index (χ2n) is 11.6. The van der Waals surface area contributed by atoms with Crippen molar-refractivity contribution in [3.63, 3.8) is 0 Å². The molecule has 1 aromatic heterocycles. The number of aromatic nitrogens is 1. The van der Waals surface area contributed by atoms with E-state index in [1.807, 2.05) is 67.6 Å². The highest BCUT2D eigenvalue weighted by atomic mass is 32.1. The predicted octanol–water partition coefficient (Wildman–Crippen LogP) is 6.22. The number of carbonyl (C=O) groups excluding carboxylic acids is 5. The van der Waals surface area contributed by atoms with Crippen LogP contribution in [-0.4, -0.2) is 59.2 Å². The largest absolute Gasteiger partial charge is 0.458 e. The number of alkyl halides is 6. The minimum atomic E-state index is -5.77. The Morgan fingerprint density at radius 1 is 0.849 bits per heavy atom. The summed E-state index contributed by atoms with van der Waals surface area (Å²) in [6.45, 7) is 2.60. The molecule has 3 aromatic carbocycles. The van der Waals surface area contributed by atoms with Gasteiger partial charge in [0.15, 0.2) is 5.13 Å². The smallest absolute Gasteiger partial charge is 0.349 e. The number of ketones is 2. The van der Waals surface area contributed by atoms with Gasteiger partial charge < -0.3 is 27.0 Å². The molecule has 53 heavy (non-hydrogen) atoms. The molecule has 18 heteroatoms. The van der Waals surface area contributed by atoms with Gasteiger partial charge in [0.25, 0.3) is 11.8 Å². The number of hydrogen-bond donors (Lipinski definition) is 5. The van der Waals surface area contributed by atoms with Crippen LogP contribution in [0.4, 0.5) is 42.8 Å². The molecule has 1 aliphatic carbocycles. The fraction of sp³-hybridized carbons (Fsp3) is 0.257. The summed E-state index contributed by atoms with van der Waals surface area (Å²) < 4.78 is 67.0. The third-order valence-corrected chi connectivity index (χ3v) is 8.29. The number of nitrogens with zero attached hydrogens (tertiary/aromatic N) is 1. The van der Waals surface area contributed by atoms with Crippen LogP contribution in [-0.2, 0) is 20.9 Å². The number of carbonyl (C=O) groups is 5. The number of rotatable bonds is 12. The lowest BCUT2D eigenvalue weighted by atomic mass is 10.1. The zero-order valence-corrected chi connectivity index (χ0v) is 28.6. The number of thiazole rings is 1. The first-order valence-electron chi connectivity index (χ1n) is 15.8. The van der Waals surface area contributed by atoms with E-state index in [1.165, 1.54) is 11.3 Å². The number of amides is 3. The van der Waals surface area contributed by atoms with Crippen molar-refractivity contribution in [3.8, 4) is 11.3 Å². The second-order valence-corrected chi connectivity index (χ2v) is 12.6. The number of anilines is 3. The Kier molecular flexibility index (Phi) is 13.1. The van der Waals surface area contributed by atoms with Crippen molar-refractivity contribution < 1.29 is 50.3 Å². The standard InChI is InChI=1S/C31H32N6O3S.C4F6O2/c1-19-7-8-22(29(39)35-24-13-14-24)17-25(19)36-31-37-27(21-9-11-23(12-10-21)34-26(38)15-16-32)28(41-31)30(40)33-18-20-5-3-2-4-6-20;5-3(6,7)1(11)2(12)4(8,9)10/h2-12,17,24H,13-16,18,32H2,1H3,(H,33,40)(H,34,38)(H,35,39)(H,36,37);. The summed E-state index contributed by atoms with van der Waals surface area (Å²) in [5.74, 6) is -7.33. The van der Waals surface area contributed by atoms with E-state index in [-0.39, 0.29) is 36.7 Å². The first-order valence-corrected chi connectivity index (χ1v) is 16.6. The molecular formula is C35H32F6N6O5S. The van der Waals surface area contributed by atoms with Gasteiger partial charge in [0.2, 0.25) is 5.91 Å². The van der Waals surface area contributed by atoms with E-state index in [4.69, 9.17) is 10.7 Å². The van der Waals surface area contributed by atoms with Gasteiger partial charge >= 0.3 is 23.9 Å². The summed E-state index contributed by atoms with van der Waals surface area (Å²) >= 11 is 1.24. The Morgan fingerprint density at radius 2 is 1.47 bits per heavy atom. The zero-order valence-electron chi connectivity index (χ0n) is 27.8. The lowest BCUT2D eigenvalue weighted by Crippen LogP contribution is -2.39. The molecule has 280 valence electrons. The van der Waals surface area contributed by atoms with Gasteiger partial charge in [-0.15, -0.1) is 0 Å². The SMILES string of the molecule is Cc1ccc(C(=O)NC2CC2)cc1Nc1nc(-c2ccc(NC(=O)CCN)cc2)c(C(=O)NCc2ccccc2)s1.O=C(C(=O)C(F)(F)F)C(F)(F)F. The van der Waals surface area contributed by atoms with Crippen LogP contribution in [0, 0.1) is 6.92 Å². The predicted molar refractivity (Wildman–Crippen MR) is 185 cm³/mol. The van der Waals surface area contributed by atoms with E-state index in [2.05, 4.69) is 21.3 Å². The molecule has 4 aromatic rings. The maximum atomic E-state index is 13.4. The van der Waals surface area contributed by atoms with Crippen molar-refractivity contribution in [2.24, 2.45) is 5.73 Å². The Morgan fingerprint density at radius 3 is 2.04 bits per heavy atom. The summed E-state index contributed by atoms with van der Waals surface area (Å²) in [6, 6.07) is 22.6. The molecule has 0 radical (unpaired) electrons. The summed E-state index contributed by atoms with van der Waals surface area (Å²) in [5, 5.41) is 12.7. The molecule has 0 saturated heterocycles. The number of nitrogens with one attached hydrogen (secondary N) is 4. The van der Waals surface area contributed by atoms with Crippen LogP contribution in [0.25, 0.3) is 11.3 Å². The highest BCUT2D eigenvalue weighted by Crippen LogP contribution is 2.34. The first-order chi connectivity index (χ1) is 25.0. The summed E-state index contributed by atoms with van der Waals surface area (Å²) in [7, 11) is 0. The van der Waals surface area contributed by atoms with Crippen molar-refractivity contribution in [1.29, 1.82) is 0 Å². The molecular weight excluding hydrogens is 730 g/mol. The molecule has 3 amide bonds. The third kappa shape index (κ3) is 11.7. The van der Waals surface area contributed by atoms with Gasteiger partial charge in [-0.1, -0.05) is 59.9 Å². The van der Waals surface area contributed by atoms with Gasteiger partial charge in [0, 0.05) is 48.1 Å². The lowest BCUT2D eigenvalue weighted by Gasteiger charge is -2.10. The molecule has 0 spiro atoms. The number of Topliss-reactive ketones (excluding diaryl/α,β-unsaturated/α-hetero) is 2. The fourth-order valence-electron chi connectivity index (χ4n) is 4.41. The van der Waals surface area contributed by atoms with Crippen molar-refractivity contribution in [3.05, 3.63) is 94.4 Å². The average molecular weight is 763 g/mol. The fourth-order valence-corrected chi connectivity index (χ4v) is 5.33. The maximum absolute atomic E-state index is 13.4. The molecule has 1 saturated carbocycles. The molecule has 1 fully saturated rings. The number of hydrogen-bond acceptors (Lipinski definition) is 9. The van der Waals surface area contributed by atoms with Crippen molar-refractivity contribution >= 4 is 57.1 Å². The van der Waals surface area contributed by atoms with E-state index in [9.17, 15) is 50.3 Å². The van der Waals surface area contributed by atoms with Crippen molar-refractivity contribution in [2.45, 2.75) is 51.1 Å². The van der Waals surface area contributed by atoms with E-state index in [0.29, 0.717) is 33.5 Å². The Bertz CT molecular complexity index is 1940. The molecule has 11 nitrogen and oxygen atoms in total. The van der Waals surface area contributed by atoms with E-state index in [1.54, 1.807) is 12.1 Å². The Balaban J connectivity index is 0.000000450. The van der Waals surface area contributed by atoms with Gasteiger partial charge in [-0.05, 0) is 55.2 Å². The van der Waals surface area contributed by atoms with Crippen molar-refractivity contribution in [1.82, 2.24) is 15.6 Å². The van der Waals surface area contributed by atoms with E-state index < -0.39 is 23.9 Å². The van der Waals surface area contributed by atoms with E-state index >= 15 is 0 Å². The molecule has 1 aliphatic rings. The summed E-state index contributed by atoms with van der Waals surface area (Å²) in [4.78, 5) is 62.4. The van der Waals surface area contributed by atoms with Crippen LogP contribution >= 0.6 is 11.3 Å². The molecule has 0 aliphatic heterocycles. The summed E-state index contributed by atoms with van der Waals surface area (Å²) in [5.41, 5.74) is 10.6. The third-order valence-electron chi connectivity index (χ3n) is 7.32. The number of halogens is 6. The number of aryl methyl sites for hydroxylation is 1. The van der Waals surface area contributed by atoms with Gasteiger partial charge in [0.1, 0.15) is 4.88 Å². The Labute approximate surface area is 302 Å². The van der Waals surface area contributed by atoms with Gasteiger partial charge in [-0.25, -0.2) is 4.98 Å². The molecule has 1 heterocycles. The van der Waals surface area contributed by atoms with Crippen LogP contribution < -0.4 is 27.0 Å². The molecule has 5 rings (SSSR count). The van der Waals surface area contributed by atoms with E-state index in [0.717, 1.165) is 35.2 Å². The number of benzene rings is 3. The Hall–Kier alpha value is -5.62. The van der Waals surface area contributed by atoms with Crippen LogP contribution in [0.3, 0.4) is 0 Å². The lowest BCUT2D eigenvalue weighted by molar-refractivity contribution is -0.193. The van der Waals surface area contributed by atoms with Crippen molar-refractivity contribution in [2.75, 3.05) is 17.2 Å². The minimum Gasteiger partial charge on any atom is -0.349 e. The minimum absolute atomic E-state index is 0.102. The average Bonchev–Trinajstić information content (AvgIpc) is 3.83. The highest BCUT2D eigenvalue weighted by molar-refractivity contribution is 7.18. The quantitative estimate of drug-likeness (QED) is 0.0836. The highest BCUT2D eigenvalue weighted by Gasteiger charge is 2.54. The van der Waals surface area contributed by atoms with Crippen LogP contribution in [0.2, 0.25) is 0 Å². The molecule has 0 unspecified atom stereocenters. The maximum Gasteiger partial charge on any atom is 0.458 e. The summed E-state index contributed by atoms with van der Waals surface area (Å²) in [6.07, 6.45) is -9.28. The monoisotopic (exact) mass is 762 g/mol. The van der Waals surface area contributed by atoms with Crippen LogP contribution in [0.15, 0.2) is 72.8 Å². The topological polar surface area (TPSA) is 172 Å². The van der Waals surface area contributed by atoms with Gasteiger partial charge in [0.05, 0.1) is 5.69 Å². The van der Waals surface area contributed by atoms with Gasteiger partial charge in [-0.3, -0.25) is 24.0 Å². The van der Waals surface area contributed by atoms with Crippen LogP contribution in [0.5, 0.6) is 0 Å². The second kappa shape index (κ2) is 17.3. The molecule has 0 atom stereocenters. The van der Waals surface area contributed by atoms with Gasteiger partial charge in [-0.2, -0.15) is 26.3 Å². The number of nitrogens with two attached hydrogens (primary N) is 1. The normalized spacial score (nSPS) is 12.5. The first kappa shape index (κ1) is 40.2.